The molecule has 0 aliphatic heterocycles. The highest BCUT2D eigenvalue weighted by Gasteiger charge is 2.51. The Balaban J connectivity index is 0.000000649. The standard InChI is InChI=1S/C61H43N.C7H8/c1-40-24-25-46(38-56(40)51-36-30-45-16-6-7-17-50(45)41(51)2)44-28-33-48(34-29-44)62(47-31-26-43(27-32-47)42-14-4-3-5-15-42)49-35-37-55-54-20-10-13-23-59(54)61(60(55)39-49)57-21-11-8-18-52(57)53-19-9-12-22-58(53)61;1-7-5-3-2-4-6-7/h3-39H,1-2H3;2-6H,1H3. The fourth-order valence-corrected chi connectivity index (χ4v) is 11.3. The van der Waals surface area contributed by atoms with Crippen LogP contribution in [0.5, 0.6) is 0 Å². The van der Waals surface area contributed by atoms with E-state index in [2.05, 4.69) is 262 Å². The summed E-state index contributed by atoms with van der Waals surface area (Å²) in [6, 6.07) is 93.5. The SMILES string of the molecule is Cc1ccc(-c2ccc(N(c3ccc(-c4ccccc4)cc3)c3ccc4c(c3)C3(c5ccccc5-c5ccccc53)c3ccccc3-4)cc2)cc1-c1ccc2ccccc2c1C.Cc1ccccc1. The summed E-state index contributed by atoms with van der Waals surface area (Å²) in [5.41, 5.74) is 24.8. The predicted molar refractivity (Wildman–Crippen MR) is 292 cm³/mol. The van der Waals surface area contributed by atoms with Crippen LogP contribution in [0.25, 0.3) is 66.4 Å². The van der Waals surface area contributed by atoms with Gasteiger partial charge in [-0.05, 0) is 163 Å². The Bertz CT molecular complexity index is 3610. The Kier molecular flexibility index (Phi) is 10.5. The Morgan fingerprint density at radius 2 is 0.739 bits per heavy atom. The van der Waals surface area contributed by atoms with Crippen LogP contribution in [0.3, 0.4) is 0 Å². The van der Waals surface area contributed by atoms with Crippen molar-refractivity contribution in [3.63, 3.8) is 0 Å². The Morgan fingerprint density at radius 1 is 0.290 bits per heavy atom. The molecule has 0 heterocycles. The predicted octanol–water partition coefficient (Wildman–Crippen LogP) is 18.3. The highest BCUT2D eigenvalue weighted by molar-refractivity contribution is 5.97. The molecule has 0 aromatic heterocycles. The van der Waals surface area contributed by atoms with Gasteiger partial charge in [-0.25, -0.2) is 0 Å². The van der Waals surface area contributed by atoms with Crippen molar-refractivity contribution < 1.29 is 0 Å². The molecule has 0 saturated carbocycles. The zero-order valence-electron chi connectivity index (χ0n) is 39.2. The van der Waals surface area contributed by atoms with Crippen LogP contribution in [0.15, 0.2) is 255 Å². The third kappa shape index (κ3) is 7.09. The largest absolute Gasteiger partial charge is 0.310 e. The maximum Gasteiger partial charge on any atom is 0.0726 e. The van der Waals surface area contributed by atoms with Crippen molar-refractivity contribution in [2.45, 2.75) is 26.2 Å². The summed E-state index contributed by atoms with van der Waals surface area (Å²) in [4.78, 5) is 2.43. The van der Waals surface area contributed by atoms with Crippen LogP contribution in [0.1, 0.15) is 38.9 Å². The quantitative estimate of drug-likeness (QED) is 0.161. The van der Waals surface area contributed by atoms with Gasteiger partial charge in [0.2, 0.25) is 0 Å². The van der Waals surface area contributed by atoms with Gasteiger partial charge in [0, 0.05) is 17.1 Å². The lowest BCUT2D eigenvalue weighted by molar-refractivity contribution is 0.793. The number of fused-ring (bicyclic) bond motifs is 11. The molecule has 11 aromatic carbocycles. The summed E-state index contributed by atoms with van der Waals surface area (Å²) < 4.78 is 0. The van der Waals surface area contributed by atoms with Gasteiger partial charge in [0.25, 0.3) is 0 Å². The maximum absolute atomic E-state index is 2.48. The maximum atomic E-state index is 2.48. The minimum absolute atomic E-state index is 0.422. The van der Waals surface area contributed by atoms with E-state index in [1.165, 1.54) is 105 Å². The van der Waals surface area contributed by atoms with E-state index in [0.717, 1.165) is 17.1 Å². The lowest BCUT2D eigenvalue weighted by Crippen LogP contribution is -2.26. The molecule has 2 aliphatic rings. The normalized spacial score (nSPS) is 12.4. The first-order chi connectivity index (χ1) is 34.0. The second-order valence-electron chi connectivity index (χ2n) is 18.6. The smallest absolute Gasteiger partial charge is 0.0726 e. The van der Waals surface area contributed by atoms with Gasteiger partial charge in [0.1, 0.15) is 0 Å². The second-order valence-corrected chi connectivity index (χ2v) is 18.6. The summed E-state index contributed by atoms with van der Waals surface area (Å²) in [5.74, 6) is 0. The zero-order valence-corrected chi connectivity index (χ0v) is 39.2. The van der Waals surface area contributed by atoms with E-state index in [-0.39, 0.29) is 0 Å². The average Bonchev–Trinajstić information content (AvgIpc) is 3.87. The molecule has 13 rings (SSSR count). The van der Waals surface area contributed by atoms with Gasteiger partial charge < -0.3 is 4.90 Å². The number of anilines is 3. The Morgan fingerprint density at radius 3 is 1.32 bits per heavy atom. The molecule has 0 N–H and O–H groups in total. The lowest BCUT2D eigenvalue weighted by Gasteiger charge is -2.32. The summed E-state index contributed by atoms with van der Waals surface area (Å²) in [5, 5.41) is 2.58. The van der Waals surface area contributed by atoms with Crippen molar-refractivity contribution in [3.8, 4) is 55.6 Å². The fraction of sp³-hybridized carbons (Fsp3) is 0.0588. The molecule has 0 saturated heterocycles. The van der Waals surface area contributed by atoms with E-state index in [4.69, 9.17) is 0 Å². The number of hydrogen-bond acceptors (Lipinski definition) is 1. The van der Waals surface area contributed by atoms with Crippen molar-refractivity contribution in [1.29, 1.82) is 0 Å². The topological polar surface area (TPSA) is 3.24 Å². The molecule has 0 radical (unpaired) electrons. The molecule has 0 fully saturated rings. The molecule has 1 nitrogen and oxygen atoms in total. The van der Waals surface area contributed by atoms with Crippen LogP contribution in [0.2, 0.25) is 0 Å². The first-order valence-electron chi connectivity index (χ1n) is 24.1. The molecule has 1 spiro atoms. The van der Waals surface area contributed by atoms with E-state index in [1.807, 2.05) is 18.2 Å². The van der Waals surface area contributed by atoms with E-state index in [0.29, 0.717) is 0 Å². The van der Waals surface area contributed by atoms with Gasteiger partial charge >= 0.3 is 0 Å². The van der Waals surface area contributed by atoms with Crippen LogP contribution >= 0.6 is 0 Å². The molecule has 69 heavy (non-hydrogen) atoms. The van der Waals surface area contributed by atoms with Gasteiger partial charge in [0.15, 0.2) is 0 Å². The first-order valence-corrected chi connectivity index (χ1v) is 24.1. The Labute approximate surface area is 406 Å². The van der Waals surface area contributed by atoms with E-state index < -0.39 is 5.41 Å². The van der Waals surface area contributed by atoms with Crippen LogP contribution in [-0.2, 0) is 5.41 Å². The van der Waals surface area contributed by atoms with E-state index in [1.54, 1.807) is 0 Å². The molecule has 2 aliphatic carbocycles. The van der Waals surface area contributed by atoms with Crippen LogP contribution in [0, 0.1) is 20.8 Å². The molecule has 0 atom stereocenters. The number of nitrogens with zero attached hydrogens (tertiary/aromatic N) is 1. The molecule has 0 unspecified atom stereocenters. The molecular weight excluding hydrogens is 831 g/mol. The Hall–Kier alpha value is -8.52. The minimum atomic E-state index is -0.422. The molecule has 11 aromatic rings. The summed E-state index contributed by atoms with van der Waals surface area (Å²) in [6.07, 6.45) is 0. The summed E-state index contributed by atoms with van der Waals surface area (Å²) in [6.45, 7) is 6.56. The van der Waals surface area contributed by atoms with Crippen LogP contribution < -0.4 is 4.90 Å². The van der Waals surface area contributed by atoms with Crippen molar-refractivity contribution in [3.05, 3.63) is 294 Å². The van der Waals surface area contributed by atoms with Crippen LogP contribution in [-0.4, -0.2) is 0 Å². The number of aryl methyl sites for hydroxylation is 3. The lowest BCUT2D eigenvalue weighted by atomic mass is 9.70. The molecule has 0 bridgehead atoms. The van der Waals surface area contributed by atoms with Crippen molar-refractivity contribution >= 4 is 27.8 Å². The molecular formula is C68H51N. The van der Waals surface area contributed by atoms with Gasteiger partial charge in [-0.15, -0.1) is 0 Å². The number of benzene rings is 11. The number of rotatable bonds is 6. The molecule has 0 amide bonds. The third-order valence-electron chi connectivity index (χ3n) is 14.6. The average molecular weight is 882 g/mol. The van der Waals surface area contributed by atoms with Crippen LogP contribution in [0.4, 0.5) is 17.1 Å². The van der Waals surface area contributed by atoms with Crippen molar-refractivity contribution in [2.24, 2.45) is 0 Å². The summed E-state index contributed by atoms with van der Waals surface area (Å²) >= 11 is 0. The van der Waals surface area contributed by atoms with Crippen molar-refractivity contribution in [2.75, 3.05) is 4.90 Å². The van der Waals surface area contributed by atoms with Gasteiger partial charge in [-0.2, -0.15) is 0 Å². The highest BCUT2D eigenvalue weighted by atomic mass is 15.1. The van der Waals surface area contributed by atoms with E-state index in [9.17, 15) is 0 Å². The van der Waals surface area contributed by atoms with Gasteiger partial charge in [-0.1, -0.05) is 218 Å². The molecule has 1 heteroatoms. The minimum Gasteiger partial charge on any atom is -0.310 e. The van der Waals surface area contributed by atoms with Gasteiger partial charge in [-0.3, -0.25) is 0 Å². The highest BCUT2D eigenvalue weighted by Crippen LogP contribution is 2.63. The first kappa shape index (κ1) is 41.9. The fourth-order valence-electron chi connectivity index (χ4n) is 11.3. The van der Waals surface area contributed by atoms with Gasteiger partial charge in [0.05, 0.1) is 5.41 Å². The van der Waals surface area contributed by atoms with Crippen molar-refractivity contribution in [1.82, 2.24) is 0 Å². The second kappa shape index (κ2) is 17.3. The van der Waals surface area contributed by atoms with E-state index >= 15 is 0 Å². The summed E-state index contributed by atoms with van der Waals surface area (Å²) in [7, 11) is 0. The third-order valence-corrected chi connectivity index (χ3v) is 14.6. The molecule has 328 valence electrons. The zero-order chi connectivity index (χ0) is 46.5. The number of hydrogen-bond donors (Lipinski definition) is 0. The monoisotopic (exact) mass is 881 g/mol.